The van der Waals surface area contributed by atoms with Crippen molar-refractivity contribution in [1.29, 1.82) is 0 Å². The number of carbonyl (C=O) groups excluding carboxylic acids is 1. The van der Waals surface area contributed by atoms with Crippen LogP contribution < -0.4 is 0 Å². The minimum atomic E-state index is -3.95. The van der Waals surface area contributed by atoms with Crippen LogP contribution in [0.25, 0.3) is 0 Å². The number of sulfonamides is 2. The summed E-state index contributed by atoms with van der Waals surface area (Å²) in [6.07, 6.45) is 7.61. The zero-order valence-electron chi connectivity index (χ0n) is 18.1. The first kappa shape index (κ1) is 22.8. The SMILES string of the molecule is CC1CCN(C(=O)Cn2cc(S(=O)(=O)N3CCCC3)c(S(=O)(=O)N3CCCC3)c2)CC1. The van der Waals surface area contributed by atoms with Crippen LogP contribution in [0, 0.1) is 5.92 Å². The summed E-state index contributed by atoms with van der Waals surface area (Å²) in [5.41, 5.74) is 0. The van der Waals surface area contributed by atoms with Crippen LogP contribution in [-0.4, -0.2) is 80.1 Å². The van der Waals surface area contributed by atoms with E-state index in [4.69, 9.17) is 0 Å². The van der Waals surface area contributed by atoms with E-state index in [9.17, 15) is 21.6 Å². The van der Waals surface area contributed by atoms with Crippen molar-refractivity contribution in [1.82, 2.24) is 18.1 Å². The quantitative estimate of drug-likeness (QED) is 0.622. The minimum Gasteiger partial charge on any atom is -0.342 e. The van der Waals surface area contributed by atoms with E-state index in [1.807, 2.05) is 0 Å². The molecule has 0 saturated carbocycles. The van der Waals surface area contributed by atoms with Crippen LogP contribution in [0.15, 0.2) is 22.2 Å². The topological polar surface area (TPSA) is 100 Å². The van der Waals surface area contributed by atoms with Crippen LogP contribution in [0.4, 0.5) is 0 Å². The molecule has 3 fully saturated rings. The third kappa shape index (κ3) is 4.55. The van der Waals surface area contributed by atoms with E-state index in [0.717, 1.165) is 38.5 Å². The lowest BCUT2D eigenvalue weighted by molar-refractivity contribution is -0.133. The standard InChI is InChI=1S/C20H32N4O5S2/c1-17-6-12-22(13-7-17)20(25)16-21-14-18(30(26,27)23-8-2-3-9-23)19(15-21)31(28,29)24-10-4-5-11-24/h14-15,17H,2-13,16H2,1H3. The van der Waals surface area contributed by atoms with E-state index >= 15 is 0 Å². The minimum absolute atomic E-state index is 0.0631. The zero-order valence-corrected chi connectivity index (χ0v) is 19.7. The molecule has 0 aromatic carbocycles. The molecule has 0 radical (unpaired) electrons. The van der Waals surface area contributed by atoms with Crippen molar-refractivity contribution in [2.75, 3.05) is 39.3 Å². The third-order valence-electron chi connectivity index (χ3n) is 6.63. The van der Waals surface area contributed by atoms with Gasteiger partial charge in [0.1, 0.15) is 16.3 Å². The van der Waals surface area contributed by atoms with Crippen molar-refractivity contribution in [3.05, 3.63) is 12.4 Å². The summed E-state index contributed by atoms with van der Waals surface area (Å²) in [6.45, 7) is 5.02. The molecule has 9 nitrogen and oxygen atoms in total. The Morgan fingerprint density at radius 2 is 1.23 bits per heavy atom. The second-order valence-electron chi connectivity index (χ2n) is 8.94. The smallest absolute Gasteiger partial charge is 0.245 e. The zero-order chi connectivity index (χ0) is 22.2. The highest BCUT2D eigenvalue weighted by atomic mass is 32.2. The average molecular weight is 473 g/mol. The Balaban J connectivity index is 1.66. The second kappa shape index (κ2) is 8.84. The molecule has 0 aliphatic carbocycles. The number of hydrogen-bond acceptors (Lipinski definition) is 5. The molecule has 0 bridgehead atoms. The molecule has 0 N–H and O–H groups in total. The fourth-order valence-electron chi connectivity index (χ4n) is 4.59. The van der Waals surface area contributed by atoms with Crippen molar-refractivity contribution in [2.24, 2.45) is 5.92 Å². The summed E-state index contributed by atoms with van der Waals surface area (Å²) in [6, 6.07) is 0. The maximum atomic E-state index is 13.3. The van der Waals surface area contributed by atoms with Gasteiger partial charge in [0.05, 0.1) is 0 Å². The van der Waals surface area contributed by atoms with Gasteiger partial charge in [-0.1, -0.05) is 6.92 Å². The van der Waals surface area contributed by atoms with Gasteiger partial charge in [-0.05, 0) is 44.4 Å². The Morgan fingerprint density at radius 1 is 0.806 bits per heavy atom. The van der Waals surface area contributed by atoms with Gasteiger partial charge >= 0.3 is 0 Å². The Hall–Kier alpha value is -1.43. The lowest BCUT2D eigenvalue weighted by atomic mass is 9.99. The predicted octanol–water partition coefficient (Wildman–Crippen LogP) is 1.32. The van der Waals surface area contributed by atoms with Crippen LogP contribution in [0.2, 0.25) is 0 Å². The largest absolute Gasteiger partial charge is 0.342 e. The van der Waals surface area contributed by atoms with E-state index in [-0.39, 0.29) is 22.2 Å². The van der Waals surface area contributed by atoms with Gasteiger partial charge in [-0.3, -0.25) is 4.79 Å². The van der Waals surface area contributed by atoms with E-state index in [1.54, 1.807) is 4.90 Å². The maximum Gasteiger partial charge on any atom is 0.245 e. The molecule has 1 aromatic heterocycles. The van der Waals surface area contributed by atoms with Crippen LogP contribution in [0.5, 0.6) is 0 Å². The highest BCUT2D eigenvalue weighted by Gasteiger charge is 2.38. The first-order chi connectivity index (χ1) is 14.7. The Labute approximate surface area is 185 Å². The van der Waals surface area contributed by atoms with E-state index in [0.29, 0.717) is 45.2 Å². The summed E-state index contributed by atoms with van der Waals surface area (Å²) in [7, 11) is -7.89. The summed E-state index contributed by atoms with van der Waals surface area (Å²) >= 11 is 0. The van der Waals surface area contributed by atoms with Crippen LogP contribution in [0.1, 0.15) is 45.4 Å². The van der Waals surface area contributed by atoms with Gasteiger partial charge in [0.25, 0.3) is 0 Å². The Morgan fingerprint density at radius 3 is 1.65 bits per heavy atom. The highest BCUT2D eigenvalue weighted by Crippen LogP contribution is 2.31. The number of amides is 1. The molecule has 3 aliphatic heterocycles. The molecular formula is C20H32N4O5S2. The maximum absolute atomic E-state index is 13.3. The number of likely N-dealkylation sites (tertiary alicyclic amines) is 1. The molecule has 4 heterocycles. The first-order valence-corrected chi connectivity index (χ1v) is 14.1. The summed E-state index contributed by atoms with van der Waals surface area (Å²) < 4.78 is 57.3. The van der Waals surface area contributed by atoms with E-state index < -0.39 is 20.0 Å². The molecule has 0 spiro atoms. The number of hydrogen-bond donors (Lipinski definition) is 0. The van der Waals surface area contributed by atoms with Gasteiger partial charge in [0.2, 0.25) is 26.0 Å². The van der Waals surface area contributed by atoms with Gasteiger partial charge < -0.3 is 9.47 Å². The summed E-state index contributed by atoms with van der Waals surface area (Å²) in [5.74, 6) is 0.474. The number of nitrogens with zero attached hydrogens (tertiary/aromatic N) is 4. The number of carbonyl (C=O) groups is 1. The van der Waals surface area contributed by atoms with Gasteiger partial charge in [0, 0.05) is 51.7 Å². The highest BCUT2D eigenvalue weighted by molar-refractivity contribution is 7.92. The lowest BCUT2D eigenvalue weighted by Gasteiger charge is -2.30. The normalized spacial score (nSPS) is 22.4. The first-order valence-electron chi connectivity index (χ1n) is 11.2. The molecule has 174 valence electrons. The Kier molecular flexibility index (Phi) is 6.49. The molecular weight excluding hydrogens is 440 g/mol. The van der Waals surface area contributed by atoms with Crippen molar-refractivity contribution in [3.8, 4) is 0 Å². The molecule has 3 saturated heterocycles. The number of rotatable bonds is 6. The van der Waals surface area contributed by atoms with Crippen molar-refractivity contribution >= 4 is 26.0 Å². The monoisotopic (exact) mass is 472 g/mol. The van der Waals surface area contributed by atoms with Gasteiger partial charge in [-0.15, -0.1) is 0 Å². The van der Waals surface area contributed by atoms with Gasteiger partial charge in [-0.25, -0.2) is 16.8 Å². The Bertz CT molecular complexity index is 950. The molecule has 4 rings (SSSR count). The molecule has 11 heteroatoms. The molecule has 3 aliphatic rings. The van der Waals surface area contributed by atoms with E-state index in [2.05, 4.69) is 6.92 Å². The molecule has 1 aromatic rings. The van der Waals surface area contributed by atoms with Gasteiger partial charge in [0.15, 0.2) is 0 Å². The molecule has 0 atom stereocenters. The van der Waals surface area contributed by atoms with Crippen LogP contribution in [0.3, 0.4) is 0 Å². The second-order valence-corrected chi connectivity index (χ2v) is 12.8. The van der Waals surface area contributed by atoms with E-state index in [1.165, 1.54) is 25.6 Å². The third-order valence-corrected chi connectivity index (χ3v) is 10.6. The average Bonchev–Trinajstić information content (AvgIpc) is 3.49. The number of piperidine rings is 1. The fraction of sp³-hybridized carbons (Fsp3) is 0.750. The van der Waals surface area contributed by atoms with Crippen LogP contribution in [-0.2, 0) is 31.4 Å². The lowest BCUT2D eigenvalue weighted by Crippen LogP contribution is -2.39. The van der Waals surface area contributed by atoms with Crippen molar-refractivity contribution in [2.45, 2.75) is 61.8 Å². The predicted molar refractivity (Wildman–Crippen MR) is 115 cm³/mol. The summed E-state index contributed by atoms with van der Waals surface area (Å²) in [5, 5.41) is 0. The molecule has 0 unspecified atom stereocenters. The van der Waals surface area contributed by atoms with Gasteiger partial charge in [-0.2, -0.15) is 8.61 Å². The molecule has 1 amide bonds. The summed E-state index contributed by atoms with van der Waals surface area (Å²) in [4.78, 5) is 14.2. The molecule has 31 heavy (non-hydrogen) atoms. The van der Waals surface area contributed by atoms with Crippen molar-refractivity contribution < 1.29 is 21.6 Å². The fourth-order valence-corrected chi connectivity index (χ4v) is 8.41. The van der Waals surface area contributed by atoms with Crippen molar-refractivity contribution in [3.63, 3.8) is 0 Å². The number of aromatic nitrogens is 1. The van der Waals surface area contributed by atoms with Crippen LogP contribution >= 0.6 is 0 Å².